The molecule has 2 heterocycles. The lowest BCUT2D eigenvalue weighted by atomic mass is 10.0. The van der Waals surface area contributed by atoms with Crippen LogP contribution in [0.4, 0.5) is 0 Å². The van der Waals surface area contributed by atoms with E-state index in [0.717, 1.165) is 43.8 Å². The molecular formula is C35H25N2OP. The third kappa shape index (κ3) is 4.18. The van der Waals surface area contributed by atoms with Crippen LogP contribution in [0.15, 0.2) is 152 Å². The lowest BCUT2D eigenvalue weighted by Gasteiger charge is -2.20. The van der Waals surface area contributed by atoms with Crippen LogP contribution in [0.1, 0.15) is 0 Å². The molecule has 0 aliphatic carbocycles. The van der Waals surface area contributed by atoms with Gasteiger partial charge in [-0.15, -0.1) is 0 Å². The summed E-state index contributed by atoms with van der Waals surface area (Å²) in [6, 6.07) is 48.8. The first-order valence-corrected chi connectivity index (χ1v) is 14.7. The molecule has 0 aliphatic rings. The number of rotatable bonds is 5. The molecule has 0 aliphatic heterocycles. The Morgan fingerprint density at radius 1 is 0.487 bits per heavy atom. The van der Waals surface area contributed by atoms with Crippen molar-refractivity contribution >= 4 is 39.3 Å². The summed E-state index contributed by atoms with van der Waals surface area (Å²) in [5, 5.41) is 9.71. The molecule has 39 heavy (non-hydrogen) atoms. The number of fused-ring (bicyclic) bond motifs is 2. The van der Waals surface area contributed by atoms with E-state index in [-0.39, 0.29) is 0 Å². The molecule has 4 heteroatoms. The monoisotopic (exact) mass is 520 g/mol. The zero-order chi connectivity index (χ0) is 26.2. The van der Waals surface area contributed by atoms with Crippen molar-refractivity contribution in [2.24, 2.45) is 0 Å². The SMILES string of the molecule is O=P(c1ccccc1)(c1ccccc1)c1ccc(-c2ccc(-c3cc4cc5ccccc5cn4n3)cc2)cc1. The number of hydrogen-bond acceptors (Lipinski definition) is 2. The zero-order valence-corrected chi connectivity index (χ0v) is 22.1. The molecule has 0 fully saturated rings. The molecule has 7 rings (SSSR count). The van der Waals surface area contributed by atoms with Gasteiger partial charge in [-0.1, -0.05) is 133 Å². The highest BCUT2D eigenvalue weighted by Gasteiger charge is 2.29. The molecule has 7 aromatic rings. The molecule has 0 saturated heterocycles. The fourth-order valence-electron chi connectivity index (χ4n) is 5.23. The van der Waals surface area contributed by atoms with Crippen LogP contribution in [0, 0.1) is 0 Å². The van der Waals surface area contributed by atoms with Gasteiger partial charge in [-0.2, -0.15) is 5.10 Å². The maximum absolute atomic E-state index is 14.6. The highest BCUT2D eigenvalue weighted by molar-refractivity contribution is 7.85. The zero-order valence-electron chi connectivity index (χ0n) is 21.2. The second-order valence-electron chi connectivity index (χ2n) is 9.71. The van der Waals surface area contributed by atoms with Gasteiger partial charge in [0.05, 0.1) is 11.2 Å². The van der Waals surface area contributed by atoms with E-state index in [1.807, 2.05) is 83.4 Å². The maximum Gasteiger partial charge on any atom is 0.171 e. The molecule has 3 nitrogen and oxygen atoms in total. The molecule has 0 N–H and O–H groups in total. The van der Waals surface area contributed by atoms with E-state index in [2.05, 4.69) is 72.9 Å². The predicted molar refractivity (Wildman–Crippen MR) is 163 cm³/mol. The second-order valence-corrected chi connectivity index (χ2v) is 12.5. The summed E-state index contributed by atoms with van der Waals surface area (Å²) in [6.07, 6.45) is 2.08. The van der Waals surface area contributed by atoms with Crippen molar-refractivity contribution in [1.29, 1.82) is 0 Å². The smallest absolute Gasteiger partial charge is 0.171 e. The van der Waals surface area contributed by atoms with Crippen molar-refractivity contribution < 1.29 is 4.57 Å². The topological polar surface area (TPSA) is 34.4 Å². The summed E-state index contributed by atoms with van der Waals surface area (Å²) >= 11 is 0. The maximum atomic E-state index is 14.6. The van der Waals surface area contributed by atoms with E-state index in [1.54, 1.807) is 0 Å². The van der Waals surface area contributed by atoms with Crippen LogP contribution in [0.25, 0.3) is 38.7 Å². The first-order chi connectivity index (χ1) is 19.2. The van der Waals surface area contributed by atoms with E-state index >= 15 is 0 Å². The molecule has 0 radical (unpaired) electrons. The van der Waals surface area contributed by atoms with Crippen molar-refractivity contribution in [3.63, 3.8) is 0 Å². The highest BCUT2D eigenvalue weighted by atomic mass is 31.2. The van der Waals surface area contributed by atoms with Crippen LogP contribution in [-0.4, -0.2) is 9.61 Å². The Kier molecular flexibility index (Phi) is 5.73. The molecule has 2 aromatic heterocycles. The first kappa shape index (κ1) is 23.4. The van der Waals surface area contributed by atoms with Crippen LogP contribution in [-0.2, 0) is 4.57 Å². The molecule has 0 atom stereocenters. The van der Waals surface area contributed by atoms with Crippen molar-refractivity contribution in [2.75, 3.05) is 0 Å². The molecular weight excluding hydrogens is 495 g/mol. The summed E-state index contributed by atoms with van der Waals surface area (Å²) in [5.41, 5.74) is 5.28. The van der Waals surface area contributed by atoms with E-state index < -0.39 is 7.14 Å². The van der Waals surface area contributed by atoms with Gasteiger partial charge in [-0.05, 0) is 28.6 Å². The fourth-order valence-corrected chi connectivity index (χ4v) is 7.88. The first-order valence-electron chi connectivity index (χ1n) is 13.0. The van der Waals surface area contributed by atoms with E-state index in [0.29, 0.717) is 0 Å². The minimum Gasteiger partial charge on any atom is -0.309 e. The Balaban J connectivity index is 1.21. The summed E-state index contributed by atoms with van der Waals surface area (Å²) in [4.78, 5) is 0. The van der Waals surface area contributed by atoms with E-state index in [9.17, 15) is 4.57 Å². The van der Waals surface area contributed by atoms with Crippen molar-refractivity contribution in [2.45, 2.75) is 0 Å². The largest absolute Gasteiger partial charge is 0.309 e. The number of hydrogen-bond donors (Lipinski definition) is 0. The van der Waals surface area contributed by atoms with E-state index in [4.69, 9.17) is 5.10 Å². The summed E-state index contributed by atoms with van der Waals surface area (Å²) in [6.45, 7) is 0. The van der Waals surface area contributed by atoms with Gasteiger partial charge in [0.25, 0.3) is 0 Å². The van der Waals surface area contributed by atoms with Crippen LogP contribution in [0.3, 0.4) is 0 Å². The summed E-state index contributed by atoms with van der Waals surface area (Å²) < 4.78 is 16.6. The van der Waals surface area contributed by atoms with Gasteiger partial charge in [-0.25, -0.2) is 4.52 Å². The molecule has 0 bridgehead atoms. The van der Waals surface area contributed by atoms with Crippen LogP contribution in [0.2, 0.25) is 0 Å². The van der Waals surface area contributed by atoms with Crippen LogP contribution >= 0.6 is 7.14 Å². The van der Waals surface area contributed by atoms with Crippen LogP contribution < -0.4 is 15.9 Å². The minimum atomic E-state index is -2.98. The van der Waals surface area contributed by atoms with E-state index in [1.165, 1.54) is 10.8 Å². The van der Waals surface area contributed by atoms with Gasteiger partial charge in [-0.3, -0.25) is 0 Å². The normalized spacial score (nSPS) is 11.7. The van der Waals surface area contributed by atoms with Gasteiger partial charge < -0.3 is 4.57 Å². The average molecular weight is 521 g/mol. The van der Waals surface area contributed by atoms with Crippen molar-refractivity contribution in [1.82, 2.24) is 9.61 Å². The quantitative estimate of drug-likeness (QED) is 0.221. The standard InChI is InChI=1S/C35H25N2OP/c38-39(32-11-3-1-4-12-32,33-13-5-2-6-14-33)34-21-19-27(20-22-34)26-15-17-28(18-16-26)35-24-31-23-29-9-7-8-10-30(29)25-37(31)36-35/h1-25H. The summed E-state index contributed by atoms with van der Waals surface area (Å²) in [5.74, 6) is 0. The minimum absolute atomic E-state index is 0.831. The Hall–Kier alpha value is -4.72. The van der Waals surface area contributed by atoms with Crippen molar-refractivity contribution in [3.05, 3.63) is 152 Å². The number of aromatic nitrogens is 2. The fraction of sp³-hybridized carbons (Fsp3) is 0. The molecule has 186 valence electrons. The van der Waals surface area contributed by atoms with Crippen molar-refractivity contribution in [3.8, 4) is 22.4 Å². The molecule has 0 amide bonds. The van der Waals surface area contributed by atoms with Gasteiger partial charge in [0.2, 0.25) is 0 Å². The highest BCUT2D eigenvalue weighted by Crippen LogP contribution is 2.42. The molecule has 5 aromatic carbocycles. The Morgan fingerprint density at radius 2 is 0.974 bits per heavy atom. The lowest BCUT2D eigenvalue weighted by Crippen LogP contribution is -2.24. The Morgan fingerprint density at radius 3 is 1.59 bits per heavy atom. The average Bonchev–Trinajstić information content (AvgIpc) is 3.43. The van der Waals surface area contributed by atoms with Crippen LogP contribution in [0.5, 0.6) is 0 Å². The summed E-state index contributed by atoms with van der Waals surface area (Å²) in [7, 11) is -2.98. The number of benzene rings is 5. The number of pyridine rings is 1. The third-order valence-corrected chi connectivity index (χ3v) is 10.4. The predicted octanol–water partition coefficient (Wildman–Crippen LogP) is 7.46. The van der Waals surface area contributed by atoms with Gasteiger partial charge in [0.1, 0.15) is 0 Å². The number of nitrogens with zero attached hydrogens (tertiary/aromatic N) is 2. The van der Waals surface area contributed by atoms with Gasteiger partial charge >= 0.3 is 0 Å². The molecule has 0 saturated carbocycles. The third-order valence-electron chi connectivity index (χ3n) is 7.31. The van der Waals surface area contributed by atoms with Gasteiger partial charge in [0, 0.05) is 33.1 Å². The van der Waals surface area contributed by atoms with Gasteiger partial charge in [0.15, 0.2) is 7.14 Å². The second kappa shape index (κ2) is 9.54. The lowest BCUT2D eigenvalue weighted by molar-refractivity contribution is 0.592. The Bertz CT molecular complexity index is 1860. The molecule has 0 spiro atoms. The molecule has 0 unspecified atom stereocenters. The Labute approximate surface area is 227 Å².